The summed E-state index contributed by atoms with van der Waals surface area (Å²) in [6.07, 6.45) is 0. The molecule has 134 valence electrons. The summed E-state index contributed by atoms with van der Waals surface area (Å²) in [7, 11) is 0. The highest BCUT2D eigenvalue weighted by molar-refractivity contribution is 5.78. The number of carbonyl (C=O) groups is 1. The second kappa shape index (κ2) is 8.99. The van der Waals surface area contributed by atoms with Crippen LogP contribution in [0.3, 0.4) is 0 Å². The van der Waals surface area contributed by atoms with E-state index in [4.69, 9.17) is 4.74 Å². The lowest BCUT2D eigenvalue weighted by molar-refractivity contribution is -0.126. The maximum atomic E-state index is 13.8. The fourth-order valence-electron chi connectivity index (χ4n) is 3.02. The Morgan fingerprint density at radius 3 is 2.62 bits per heavy atom. The lowest BCUT2D eigenvalue weighted by Crippen LogP contribution is -2.46. The van der Waals surface area contributed by atoms with Crippen LogP contribution in [0.25, 0.3) is 0 Å². The molecule has 5 nitrogen and oxygen atoms in total. The van der Waals surface area contributed by atoms with Crippen LogP contribution in [0.1, 0.15) is 32.4 Å². The fraction of sp³-hybridized carbons (Fsp3) is 0.611. The highest BCUT2D eigenvalue weighted by atomic mass is 19.1. The predicted molar refractivity (Wildman–Crippen MR) is 93.8 cm³/mol. The molecule has 0 spiro atoms. The lowest BCUT2D eigenvalue weighted by Gasteiger charge is -2.37. The summed E-state index contributed by atoms with van der Waals surface area (Å²) in [5.41, 5.74) is 1.81. The zero-order chi connectivity index (χ0) is 17.5. The van der Waals surface area contributed by atoms with E-state index in [0.29, 0.717) is 6.61 Å². The topological polar surface area (TPSA) is 44.8 Å². The van der Waals surface area contributed by atoms with Crippen molar-refractivity contribution in [3.05, 3.63) is 29.6 Å². The molecular formula is C18H28FN3O2. The van der Waals surface area contributed by atoms with Crippen LogP contribution in [0.15, 0.2) is 18.2 Å². The van der Waals surface area contributed by atoms with Gasteiger partial charge in [-0.25, -0.2) is 4.39 Å². The van der Waals surface area contributed by atoms with Gasteiger partial charge in [0.2, 0.25) is 5.91 Å². The van der Waals surface area contributed by atoms with Crippen LogP contribution in [0.2, 0.25) is 0 Å². The SMILES string of the molecule is CCOCC(=O)N[C@@H](C)c1cc(F)ccc1N1CCN(CC)CC1. The molecule has 1 fully saturated rings. The average Bonchev–Trinajstić information content (AvgIpc) is 2.60. The first-order chi connectivity index (χ1) is 11.5. The molecule has 1 atom stereocenters. The lowest BCUT2D eigenvalue weighted by atomic mass is 10.0. The van der Waals surface area contributed by atoms with Gasteiger partial charge in [-0.1, -0.05) is 6.92 Å². The molecule has 1 saturated heterocycles. The van der Waals surface area contributed by atoms with Crippen LogP contribution in [-0.2, 0) is 9.53 Å². The van der Waals surface area contributed by atoms with E-state index in [0.717, 1.165) is 44.0 Å². The Bertz CT molecular complexity index is 545. The monoisotopic (exact) mass is 337 g/mol. The van der Waals surface area contributed by atoms with Crippen LogP contribution in [-0.4, -0.2) is 56.7 Å². The molecule has 0 unspecified atom stereocenters. The molecule has 1 amide bonds. The van der Waals surface area contributed by atoms with E-state index in [-0.39, 0.29) is 24.4 Å². The van der Waals surface area contributed by atoms with Gasteiger partial charge in [-0.2, -0.15) is 0 Å². The van der Waals surface area contributed by atoms with Crippen LogP contribution in [0.5, 0.6) is 0 Å². The van der Waals surface area contributed by atoms with Gasteiger partial charge in [-0.3, -0.25) is 4.79 Å². The van der Waals surface area contributed by atoms with E-state index in [1.807, 2.05) is 19.9 Å². The Morgan fingerprint density at radius 2 is 2.00 bits per heavy atom. The normalized spacial score (nSPS) is 16.9. The number of rotatable bonds is 7. The van der Waals surface area contributed by atoms with Crippen LogP contribution in [0, 0.1) is 5.82 Å². The Labute approximate surface area is 143 Å². The number of hydrogen-bond acceptors (Lipinski definition) is 4. The molecule has 24 heavy (non-hydrogen) atoms. The van der Waals surface area contributed by atoms with Crippen molar-refractivity contribution in [2.45, 2.75) is 26.8 Å². The van der Waals surface area contributed by atoms with Gasteiger partial charge in [-0.05, 0) is 38.6 Å². The minimum absolute atomic E-state index is 0.0284. The fourth-order valence-corrected chi connectivity index (χ4v) is 3.02. The van der Waals surface area contributed by atoms with Crippen molar-refractivity contribution >= 4 is 11.6 Å². The first-order valence-electron chi connectivity index (χ1n) is 8.69. The number of ether oxygens (including phenoxy) is 1. The molecule has 6 heteroatoms. The number of anilines is 1. The highest BCUT2D eigenvalue weighted by Crippen LogP contribution is 2.28. The summed E-state index contributed by atoms with van der Waals surface area (Å²) in [6, 6.07) is 4.55. The number of nitrogens with one attached hydrogen (secondary N) is 1. The van der Waals surface area contributed by atoms with Crippen molar-refractivity contribution in [2.24, 2.45) is 0 Å². The summed E-state index contributed by atoms with van der Waals surface area (Å²) in [5.74, 6) is -0.470. The number of benzene rings is 1. The highest BCUT2D eigenvalue weighted by Gasteiger charge is 2.21. The predicted octanol–water partition coefficient (Wildman–Crippen LogP) is 2.18. The van der Waals surface area contributed by atoms with Crippen molar-refractivity contribution in [3.63, 3.8) is 0 Å². The smallest absolute Gasteiger partial charge is 0.246 e. The Morgan fingerprint density at radius 1 is 1.29 bits per heavy atom. The van der Waals surface area contributed by atoms with Gasteiger partial charge < -0.3 is 19.9 Å². The zero-order valence-corrected chi connectivity index (χ0v) is 14.8. The molecule has 1 aliphatic heterocycles. The molecule has 0 bridgehead atoms. The van der Waals surface area contributed by atoms with Crippen molar-refractivity contribution < 1.29 is 13.9 Å². The number of likely N-dealkylation sites (N-methyl/N-ethyl adjacent to an activating group) is 1. The largest absolute Gasteiger partial charge is 0.372 e. The summed E-state index contributed by atoms with van der Waals surface area (Å²) >= 11 is 0. The maximum absolute atomic E-state index is 13.8. The number of hydrogen-bond donors (Lipinski definition) is 1. The first-order valence-corrected chi connectivity index (χ1v) is 8.69. The second-order valence-corrected chi connectivity index (χ2v) is 6.05. The summed E-state index contributed by atoms with van der Waals surface area (Å²) in [5, 5.41) is 2.89. The molecule has 0 radical (unpaired) electrons. The molecular weight excluding hydrogens is 309 g/mol. The van der Waals surface area contributed by atoms with E-state index >= 15 is 0 Å². The number of halogens is 1. The van der Waals surface area contributed by atoms with Crippen molar-refractivity contribution in [2.75, 3.05) is 50.8 Å². The molecule has 0 aliphatic carbocycles. The summed E-state index contributed by atoms with van der Waals surface area (Å²) in [6.45, 7) is 11.3. The second-order valence-electron chi connectivity index (χ2n) is 6.05. The minimum Gasteiger partial charge on any atom is -0.372 e. The van der Waals surface area contributed by atoms with Gasteiger partial charge in [0, 0.05) is 44.0 Å². The van der Waals surface area contributed by atoms with Gasteiger partial charge in [0.1, 0.15) is 12.4 Å². The molecule has 1 aliphatic rings. The van der Waals surface area contributed by atoms with Crippen LogP contribution >= 0.6 is 0 Å². The standard InChI is InChI=1S/C18H28FN3O2/c1-4-21-8-10-22(11-9-21)17-7-6-15(19)12-16(17)14(3)20-18(23)13-24-5-2/h6-7,12,14H,4-5,8-11,13H2,1-3H3,(H,20,23)/t14-/m0/s1. The van der Waals surface area contributed by atoms with Gasteiger partial charge in [0.05, 0.1) is 6.04 Å². The van der Waals surface area contributed by atoms with E-state index in [1.54, 1.807) is 0 Å². The van der Waals surface area contributed by atoms with Crippen LogP contribution < -0.4 is 10.2 Å². The third-order valence-corrected chi connectivity index (χ3v) is 4.43. The molecule has 1 aromatic rings. The molecule has 0 aromatic heterocycles. The Balaban J connectivity index is 2.11. The number of nitrogens with zero attached hydrogens (tertiary/aromatic N) is 2. The summed E-state index contributed by atoms with van der Waals surface area (Å²) < 4.78 is 18.9. The van der Waals surface area contributed by atoms with Crippen molar-refractivity contribution in [3.8, 4) is 0 Å². The van der Waals surface area contributed by atoms with Gasteiger partial charge in [-0.15, -0.1) is 0 Å². The number of carbonyl (C=O) groups excluding carboxylic acids is 1. The van der Waals surface area contributed by atoms with Crippen molar-refractivity contribution in [1.82, 2.24) is 10.2 Å². The average molecular weight is 337 g/mol. The minimum atomic E-state index is -0.285. The van der Waals surface area contributed by atoms with Crippen LogP contribution in [0.4, 0.5) is 10.1 Å². The maximum Gasteiger partial charge on any atom is 0.246 e. The first kappa shape index (κ1) is 18.7. The molecule has 1 aromatic carbocycles. The van der Waals surface area contributed by atoms with E-state index in [9.17, 15) is 9.18 Å². The molecule has 0 saturated carbocycles. The van der Waals surface area contributed by atoms with Crippen molar-refractivity contribution in [1.29, 1.82) is 0 Å². The zero-order valence-electron chi connectivity index (χ0n) is 14.8. The molecule has 2 rings (SSSR count). The number of piperazine rings is 1. The Hall–Kier alpha value is -1.66. The van der Waals surface area contributed by atoms with Gasteiger partial charge in [0.15, 0.2) is 0 Å². The van der Waals surface area contributed by atoms with E-state index < -0.39 is 0 Å². The van der Waals surface area contributed by atoms with E-state index in [2.05, 4.69) is 22.0 Å². The Kier molecular flexibility index (Phi) is 6.99. The molecule has 1 N–H and O–H groups in total. The quantitative estimate of drug-likeness (QED) is 0.828. The third kappa shape index (κ3) is 4.92. The summed E-state index contributed by atoms with van der Waals surface area (Å²) in [4.78, 5) is 16.6. The van der Waals surface area contributed by atoms with Gasteiger partial charge >= 0.3 is 0 Å². The van der Waals surface area contributed by atoms with Gasteiger partial charge in [0.25, 0.3) is 0 Å². The third-order valence-electron chi connectivity index (χ3n) is 4.43. The molecule has 1 heterocycles. The number of amides is 1. The van der Waals surface area contributed by atoms with E-state index in [1.165, 1.54) is 12.1 Å².